The Morgan fingerprint density at radius 2 is 2.05 bits per heavy atom. The number of amides is 2. The molecule has 0 spiro atoms. The number of carbonyl (C=O) groups is 1. The Balaban J connectivity index is 2.47. The molecule has 0 unspecified atom stereocenters. The number of pyridine rings is 1. The van der Waals surface area contributed by atoms with Gasteiger partial charge in [-0.1, -0.05) is 6.07 Å². The Morgan fingerprint density at radius 3 is 2.53 bits per heavy atom. The van der Waals surface area contributed by atoms with Crippen molar-refractivity contribution in [1.29, 1.82) is 0 Å². The normalized spacial score (nSPS) is 10.4. The van der Waals surface area contributed by atoms with Crippen LogP contribution in [0.25, 0.3) is 0 Å². The van der Waals surface area contributed by atoms with E-state index in [1.165, 1.54) is 0 Å². The van der Waals surface area contributed by atoms with E-state index in [0.717, 1.165) is 5.56 Å². The lowest BCUT2D eigenvalue weighted by Crippen LogP contribution is -2.39. The SMILES string of the molecule is CCN(CC)C(=O)NCc1ccc(OC(C)C)nc1. The number of ether oxygens (including phenoxy) is 1. The first-order valence-electron chi connectivity index (χ1n) is 6.71. The summed E-state index contributed by atoms with van der Waals surface area (Å²) in [6, 6.07) is 3.68. The molecule has 19 heavy (non-hydrogen) atoms. The van der Waals surface area contributed by atoms with Crippen LogP contribution in [0, 0.1) is 0 Å². The second-order valence-electron chi connectivity index (χ2n) is 4.50. The molecule has 0 aliphatic heterocycles. The zero-order valence-corrected chi connectivity index (χ0v) is 12.1. The van der Waals surface area contributed by atoms with Crippen molar-refractivity contribution in [3.8, 4) is 5.88 Å². The van der Waals surface area contributed by atoms with Crippen LogP contribution in [0.4, 0.5) is 4.79 Å². The number of nitrogens with zero attached hydrogens (tertiary/aromatic N) is 2. The van der Waals surface area contributed by atoms with Gasteiger partial charge in [0.15, 0.2) is 0 Å². The van der Waals surface area contributed by atoms with E-state index < -0.39 is 0 Å². The zero-order chi connectivity index (χ0) is 14.3. The van der Waals surface area contributed by atoms with Crippen molar-refractivity contribution in [3.63, 3.8) is 0 Å². The summed E-state index contributed by atoms with van der Waals surface area (Å²) in [6.07, 6.45) is 1.83. The van der Waals surface area contributed by atoms with Gasteiger partial charge in [-0.2, -0.15) is 0 Å². The number of aromatic nitrogens is 1. The molecular weight excluding hydrogens is 242 g/mol. The average Bonchev–Trinajstić information content (AvgIpc) is 2.38. The molecule has 5 nitrogen and oxygen atoms in total. The van der Waals surface area contributed by atoms with Crippen LogP contribution in [0.3, 0.4) is 0 Å². The van der Waals surface area contributed by atoms with Crippen molar-refractivity contribution >= 4 is 6.03 Å². The third kappa shape index (κ3) is 5.16. The summed E-state index contributed by atoms with van der Waals surface area (Å²) in [5, 5.41) is 2.87. The van der Waals surface area contributed by atoms with Gasteiger partial charge in [-0.15, -0.1) is 0 Å². The van der Waals surface area contributed by atoms with Gasteiger partial charge in [0.2, 0.25) is 5.88 Å². The van der Waals surface area contributed by atoms with Gasteiger partial charge in [-0.3, -0.25) is 0 Å². The van der Waals surface area contributed by atoms with Crippen molar-refractivity contribution < 1.29 is 9.53 Å². The molecule has 0 aliphatic rings. The lowest BCUT2D eigenvalue weighted by atomic mass is 10.3. The fourth-order valence-corrected chi connectivity index (χ4v) is 1.63. The van der Waals surface area contributed by atoms with Crippen LogP contribution in [0.1, 0.15) is 33.3 Å². The van der Waals surface area contributed by atoms with Crippen molar-refractivity contribution in [2.45, 2.75) is 40.3 Å². The highest BCUT2D eigenvalue weighted by molar-refractivity contribution is 5.74. The van der Waals surface area contributed by atoms with E-state index in [0.29, 0.717) is 25.5 Å². The molecule has 1 heterocycles. The standard InChI is InChI=1S/C14H23N3O2/c1-5-17(6-2)14(18)16-10-12-7-8-13(15-9-12)19-11(3)4/h7-9,11H,5-6,10H2,1-4H3,(H,16,18). The Kier molecular flexibility index (Phi) is 6.12. The van der Waals surface area contributed by atoms with Gasteiger partial charge in [0.25, 0.3) is 0 Å². The number of urea groups is 1. The van der Waals surface area contributed by atoms with Crippen LogP contribution in [0.15, 0.2) is 18.3 Å². The Morgan fingerprint density at radius 1 is 1.37 bits per heavy atom. The van der Waals surface area contributed by atoms with E-state index in [4.69, 9.17) is 4.74 Å². The summed E-state index contributed by atoms with van der Waals surface area (Å²) < 4.78 is 5.46. The third-order valence-electron chi connectivity index (χ3n) is 2.65. The van der Waals surface area contributed by atoms with Crippen molar-refractivity contribution in [3.05, 3.63) is 23.9 Å². The summed E-state index contributed by atoms with van der Waals surface area (Å²) in [7, 11) is 0. The first kappa shape index (κ1) is 15.3. The molecule has 0 saturated heterocycles. The maximum atomic E-state index is 11.8. The maximum absolute atomic E-state index is 11.8. The van der Waals surface area contributed by atoms with Crippen molar-refractivity contribution in [2.24, 2.45) is 0 Å². The quantitative estimate of drug-likeness (QED) is 0.859. The lowest BCUT2D eigenvalue weighted by Gasteiger charge is -2.19. The van der Waals surface area contributed by atoms with Crippen LogP contribution in [-0.4, -0.2) is 35.1 Å². The molecule has 0 fully saturated rings. The predicted molar refractivity (Wildman–Crippen MR) is 75.2 cm³/mol. The van der Waals surface area contributed by atoms with E-state index in [2.05, 4.69) is 10.3 Å². The molecule has 0 atom stereocenters. The van der Waals surface area contributed by atoms with Crippen LogP contribution in [0.2, 0.25) is 0 Å². The summed E-state index contributed by atoms with van der Waals surface area (Å²) in [4.78, 5) is 17.7. The van der Waals surface area contributed by atoms with Crippen LogP contribution in [0.5, 0.6) is 5.88 Å². The fraction of sp³-hybridized carbons (Fsp3) is 0.571. The van der Waals surface area contributed by atoms with Gasteiger partial charge >= 0.3 is 6.03 Å². The predicted octanol–water partition coefficient (Wildman–Crippen LogP) is 2.42. The summed E-state index contributed by atoms with van der Waals surface area (Å²) in [5.41, 5.74) is 0.955. The van der Waals surface area contributed by atoms with Crippen LogP contribution < -0.4 is 10.1 Å². The number of carbonyl (C=O) groups excluding carboxylic acids is 1. The molecule has 0 saturated carbocycles. The minimum absolute atomic E-state index is 0.0486. The Hall–Kier alpha value is -1.78. The van der Waals surface area contributed by atoms with Crippen molar-refractivity contribution in [1.82, 2.24) is 15.2 Å². The van der Waals surface area contributed by atoms with E-state index in [-0.39, 0.29) is 12.1 Å². The van der Waals surface area contributed by atoms with Crippen molar-refractivity contribution in [2.75, 3.05) is 13.1 Å². The van der Waals surface area contributed by atoms with Gasteiger partial charge in [0.1, 0.15) is 0 Å². The largest absolute Gasteiger partial charge is 0.475 e. The lowest BCUT2D eigenvalue weighted by molar-refractivity contribution is 0.203. The number of hydrogen-bond donors (Lipinski definition) is 1. The molecule has 1 aromatic rings. The van der Waals surface area contributed by atoms with E-state index in [1.807, 2.05) is 39.8 Å². The molecule has 1 N–H and O–H groups in total. The smallest absolute Gasteiger partial charge is 0.317 e. The highest BCUT2D eigenvalue weighted by Crippen LogP contribution is 2.09. The number of nitrogens with one attached hydrogen (secondary N) is 1. The molecule has 2 amide bonds. The van der Waals surface area contributed by atoms with Gasteiger partial charge in [0, 0.05) is 31.9 Å². The zero-order valence-electron chi connectivity index (χ0n) is 12.1. The first-order valence-corrected chi connectivity index (χ1v) is 6.71. The van der Waals surface area contributed by atoms with E-state index >= 15 is 0 Å². The maximum Gasteiger partial charge on any atom is 0.317 e. The Bertz CT molecular complexity index is 386. The summed E-state index contributed by atoms with van der Waals surface area (Å²) >= 11 is 0. The van der Waals surface area contributed by atoms with Crippen LogP contribution in [-0.2, 0) is 6.54 Å². The summed E-state index contributed by atoms with van der Waals surface area (Å²) in [5.74, 6) is 0.605. The minimum atomic E-state index is -0.0486. The topological polar surface area (TPSA) is 54.5 Å². The molecule has 5 heteroatoms. The van der Waals surface area contributed by atoms with E-state index in [1.54, 1.807) is 11.1 Å². The molecule has 0 bridgehead atoms. The first-order chi connectivity index (χ1) is 9.06. The highest BCUT2D eigenvalue weighted by Gasteiger charge is 2.08. The monoisotopic (exact) mass is 265 g/mol. The second-order valence-corrected chi connectivity index (χ2v) is 4.50. The molecule has 1 rings (SSSR count). The summed E-state index contributed by atoms with van der Waals surface area (Å²) in [6.45, 7) is 9.74. The molecular formula is C14H23N3O2. The average molecular weight is 265 g/mol. The van der Waals surface area contributed by atoms with Gasteiger partial charge in [-0.05, 0) is 33.3 Å². The van der Waals surface area contributed by atoms with Crippen LogP contribution >= 0.6 is 0 Å². The highest BCUT2D eigenvalue weighted by atomic mass is 16.5. The second kappa shape index (κ2) is 7.61. The van der Waals surface area contributed by atoms with Gasteiger partial charge in [-0.25, -0.2) is 9.78 Å². The third-order valence-corrected chi connectivity index (χ3v) is 2.65. The minimum Gasteiger partial charge on any atom is -0.475 e. The molecule has 0 aliphatic carbocycles. The van der Waals surface area contributed by atoms with Gasteiger partial charge in [0.05, 0.1) is 6.10 Å². The molecule has 0 radical (unpaired) electrons. The number of hydrogen-bond acceptors (Lipinski definition) is 3. The molecule has 106 valence electrons. The van der Waals surface area contributed by atoms with Gasteiger partial charge < -0.3 is 15.0 Å². The van der Waals surface area contributed by atoms with E-state index in [9.17, 15) is 4.79 Å². The molecule has 1 aromatic heterocycles. The Labute approximate surface area is 115 Å². The fourth-order valence-electron chi connectivity index (χ4n) is 1.63. The molecule has 0 aromatic carbocycles. The number of rotatable bonds is 6.